The average molecular weight is 244 g/mol. The molecule has 0 unspecified atom stereocenters. The van der Waals surface area contributed by atoms with Gasteiger partial charge in [-0.2, -0.15) is 10.1 Å². The molecule has 5 heteroatoms. The molecule has 94 valence electrons. The normalized spacial score (nSPS) is 14.8. The first kappa shape index (κ1) is 11.2. The van der Waals surface area contributed by atoms with E-state index in [4.69, 9.17) is 4.74 Å². The highest BCUT2D eigenvalue weighted by Crippen LogP contribution is 2.29. The second kappa shape index (κ2) is 4.40. The van der Waals surface area contributed by atoms with Gasteiger partial charge in [0.2, 0.25) is 5.88 Å². The molecule has 0 bridgehead atoms. The van der Waals surface area contributed by atoms with Crippen molar-refractivity contribution in [3.8, 4) is 17.1 Å². The van der Waals surface area contributed by atoms with Gasteiger partial charge in [0.15, 0.2) is 0 Å². The van der Waals surface area contributed by atoms with Gasteiger partial charge >= 0.3 is 0 Å². The molecule has 5 nitrogen and oxygen atoms in total. The van der Waals surface area contributed by atoms with Crippen LogP contribution >= 0.6 is 0 Å². The molecule has 1 aliphatic rings. The molecule has 1 aliphatic carbocycles. The van der Waals surface area contributed by atoms with Crippen molar-refractivity contribution in [2.75, 3.05) is 6.61 Å². The minimum absolute atomic E-state index is 0.660. The van der Waals surface area contributed by atoms with Gasteiger partial charge in [0.05, 0.1) is 18.5 Å². The molecular weight excluding hydrogens is 228 g/mol. The smallest absolute Gasteiger partial charge is 0.217 e. The maximum atomic E-state index is 5.70. The molecule has 18 heavy (non-hydrogen) atoms. The molecule has 0 atom stereocenters. The van der Waals surface area contributed by atoms with Crippen molar-refractivity contribution in [1.82, 2.24) is 19.7 Å². The zero-order chi connectivity index (χ0) is 12.5. The number of ether oxygens (including phenoxy) is 1. The summed E-state index contributed by atoms with van der Waals surface area (Å²) in [5.41, 5.74) is 1.85. The van der Waals surface area contributed by atoms with E-state index in [1.165, 1.54) is 12.8 Å². The molecule has 1 saturated carbocycles. The predicted octanol–water partition coefficient (Wildman–Crippen LogP) is 1.97. The number of aryl methyl sites for hydroxylation is 2. The monoisotopic (exact) mass is 244 g/mol. The van der Waals surface area contributed by atoms with Crippen LogP contribution in [-0.4, -0.2) is 26.4 Å². The predicted molar refractivity (Wildman–Crippen MR) is 67.2 cm³/mol. The van der Waals surface area contributed by atoms with Crippen molar-refractivity contribution in [2.24, 2.45) is 13.0 Å². The van der Waals surface area contributed by atoms with Gasteiger partial charge in [-0.15, -0.1) is 0 Å². The van der Waals surface area contributed by atoms with Crippen molar-refractivity contribution < 1.29 is 4.74 Å². The first-order chi connectivity index (χ1) is 8.70. The Balaban J connectivity index is 1.84. The van der Waals surface area contributed by atoms with Crippen LogP contribution in [0.3, 0.4) is 0 Å². The van der Waals surface area contributed by atoms with Crippen LogP contribution in [0.15, 0.2) is 18.5 Å². The summed E-state index contributed by atoms with van der Waals surface area (Å²) >= 11 is 0. The Morgan fingerprint density at radius 3 is 2.89 bits per heavy atom. The summed E-state index contributed by atoms with van der Waals surface area (Å²) in [6.45, 7) is 2.65. The van der Waals surface area contributed by atoms with Gasteiger partial charge in [-0.05, 0) is 25.7 Å². The standard InChI is InChI=1S/C13H16N4O/c1-9-15-12(11-6-14-17(2)7-11)5-13(16-9)18-8-10-3-4-10/h5-7,10H,3-4,8H2,1-2H3. The van der Waals surface area contributed by atoms with Gasteiger partial charge in [-0.1, -0.05) is 0 Å². The van der Waals surface area contributed by atoms with E-state index in [0.717, 1.165) is 29.6 Å². The molecule has 0 N–H and O–H groups in total. The van der Waals surface area contributed by atoms with Gasteiger partial charge < -0.3 is 4.74 Å². The largest absolute Gasteiger partial charge is 0.477 e. The van der Waals surface area contributed by atoms with E-state index < -0.39 is 0 Å². The summed E-state index contributed by atoms with van der Waals surface area (Å²) in [6, 6.07) is 1.88. The number of rotatable bonds is 4. The molecule has 0 radical (unpaired) electrons. The van der Waals surface area contributed by atoms with Crippen LogP contribution in [0, 0.1) is 12.8 Å². The highest BCUT2D eigenvalue weighted by molar-refractivity contribution is 5.57. The van der Waals surface area contributed by atoms with Crippen LogP contribution in [0.4, 0.5) is 0 Å². The molecule has 2 aromatic rings. The maximum Gasteiger partial charge on any atom is 0.217 e. The van der Waals surface area contributed by atoms with Crippen molar-refractivity contribution in [3.63, 3.8) is 0 Å². The summed E-state index contributed by atoms with van der Waals surface area (Å²) in [5, 5.41) is 4.15. The Kier molecular flexibility index (Phi) is 2.74. The van der Waals surface area contributed by atoms with Crippen molar-refractivity contribution in [2.45, 2.75) is 19.8 Å². The Bertz CT molecular complexity index is 560. The highest BCUT2D eigenvalue weighted by atomic mass is 16.5. The van der Waals surface area contributed by atoms with Crippen LogP contribution in [-0.2, 0) is 7.05 Å². The SMILES string of the molecule is Cc1nc(OCC2CC2)cc(-c2cnn(C)c2)n1. The topological polar surface area (TPSA) is 52.8 Å². The second-order valence-electron chi connectivity index (χ2n) is 4.80. The molecule has 0 saturated heterocycles. The van der Waals surface area contributed by atoms with Gasteiger partial charge in [-0.3, -0.25) is 4.68 Å². The fourth-order valence-electron chi connectivity index (χ4n) is 1.80. The maximum absolute atomic E-state index is 5.70. The van der Waals surface area contributed by atoms with E-state index in [2.05, 4.69) is 15.1 Å². The number of aromatic nitrogens is 4. The molecule has 2 aromatic heterocycles. The zero-order valence-electron chi connectivity index (χ0n) is 10.6. The lowest BCUT2D eigenvalue weighted by atomic mass is 10.2. The van der Waals surface area contributed by atoms with E-state index in [-0.39, 0.29) is 0 Å². The van der Waals surface area contributed by atoms with E-state index in [0.29, 0.717) is 5.88 Å². The second-order valence-corrected chi connectivity index (χ2v) is 4.80. The van der Waals surface area contributed by atoms with E-state index in [1.54, 1.807) is 10.9 Å². The molecular formula is C13H16N4O. The molecule has 3 rings (SSSR count). The number of nitrogens with zero attached hydrogens (tertiary/aromatic N) is 4. The third-order valence-electron chi connectivity index (χ3n) is 2.98. The number of hydrogen-bond acceptors (Lipinski definition) is 4. The average Bonchev–Trinajstić information content (AvgIpc) is 3.07. The van der Waals surface area contributed by atoms with Crippen LogP contribution in [0.1, 0.15) is 18.7 Å². The Hall–Kier alpha value is -1.91. The van der Waals surface area contributed by atoms with Crippen LogP contribution in [0.2, 0.25) is 0 Å². The van der Waals surface area contributed by atoms with Crippen molar-refractivity contribution in [3.05, 3.63) is 24.3 Å². The first-order valence-corrected chi connectivity index (χ1v) is 6.18. The molecule has 0 spiro atoms. The molecule has 1 fully saturated rings. The first-order valence-electron chi connectivity index (χ1n) is 6.18. The Morgan fingerprint density at radius 1 is 1.39 bits per heavy atom. The third kappa shape index (κ3) is 2.50. The number of hydrogen-bond donors (Lipinski definition) is 0. The lowest BCUT2D eigenvalue weighted by Crippen LogP contribution is -2.03. The minimum atomic E-state index is 0.660. The summed E-state index contributed by atoms with van der Waals surface area (Å²) < 4.78 is 7.46. The van der Waals surface area contributed by atoms with Gasteiger partial charge in [0.25, 0.3) is 0 Å². The highest BCUT2D eigenvalue weighted by Gasteiger charge is 2.22. The summed E-state index contributed by atoms with van der Waals surface area (Å²) in [7, 11) is 1.89. The summed E-state index contributed by atoms with van der Waals surface area (Å²) in [6.07, 6.45) is 6.29. The lowest BCUT2D eigenvalue weighted by molar-refractivity contribution is 0.287. The fraction of sp³-hybridized carbons (Fsp3) is 0.462. The van der Waals surface area contributed by atoms with Gasteiger partial charge in [-0.25, -0.2) is 4.98 Å². The Morgan fingerprint density at radius 2 is 2.22 bits per heavy atom. The quantitative estimate of drug-likeness (QED) is 0.825. The Labute approximate surface area is 106 Å². The van der Waals surface area contributed by atoms with Gasteiger partial charge in [0.1, 0.15) is 5.82 Å². The molecule has 0 amide bonds. The van der Waals surface area contributed by atoms with E-state index in [1.807, 2.05) is 26.2 Å². The fourth-order valence-corrected chi connectivity index (χ4v) is 1.80. The van der Waals surface area contributed by atoms with Crippen molar-refractivity contribution >= 4 is 0 Å². The van der Waals surface area contributed by atoms with Gasteiger partial charge in [0, 0.05) is 24.9 Å². The van der Waals surface area contributed by atoms with Crippen LogP contribution in [0.5, 0.6) is 5.88 Å². The zero-order valence-corrected chi connectivity index (χ0v) is 10.6. The summed E-state index contributed by atoms with van der Waals surface area (Å²) in [5.74, 6) is 2.11. The summed E-state index contributed by atoms with van der Waals surface area (Å²) in [4.78, 5) is 8.72. The molecule has 0 aliphatic heterocycles. The lowest BCUT2D eigenvalue weighted by Gasteiger charge is -2.06. The van der Waals surface area contributed by atoms with E-state index in [9.17, 15) is 0 Å². The minimum Gasteiger partial charge on any atom is -0.477 e. The van der Waals surface area contributed by atoms with Crippen LogP contribution in [0.25, 0.3) is 11.3 Å². The molecule has 0 aromatic carbocycles. The van der Waals surface area contributed by atoms with Crippen molar-refractivity contribution in [1.29, 1.82) is 0 Å². The molecule has 2 heterocycles. The van der Waals surface area contributed by atoms with E-state index >= 15 is 0 Å². The van der Waals surface area contributed by atoms with Crippen LogP contribution < -0.4 is 4.74 Å². The third-order valence-corrected chi connectivity index (χ3v) is 2.98.